The number of hydrogen-bond donors (Lipinski definition) is 2. The summed E-state index contributed by atoms with van der Waals surface area (Å²) in [6.45, 7) is 2.73. The Morgan fingerprint density at radius 1 is 0.794 bits per heavy atom. The van der Waals surface area contributed by atoms with Gasteiger partial charge in [-0.25, -0.2) is 4.39 Å². The lowest BCUT2D eigenvalue weighted by Gasteiger charge is -2.18. The molecular weight excluding hydrogens is 439 g/mol. The van der Waals surface area contributed by atoms with E-state index >= 15 is 0 Å². The molecule has 174 valence electrons. The van der Waals surface area contributed by atoms with E-state index in [0.29, 0.717) is 35.8 Å². The molecule has 1 heterocycles. The van der Waals surface area contributed by atoms with Crippen LogP contribution in [0.2, 0.25) is 0 Å². The number of fused-ring (bicyclic) bond motifs is 1. The number of carbonyl (C=O) groups excluding carboxylic acids is 3. The average molecular weight is 462 g/mol. The van der Waals surface area contributed by atoms with Gasteiger partial charge >= 0.3 is 0 Å². The molecule has 2 N–H and O–H groups in total. The van der Waals surface area contributed by atoms with Crippen molar-refractivity contribution in [2.24, 2.45) is 0 Å². The summed E-state index contributed by atoms with van der Waals surface area (Å²) in [5.41, 5.74) is 1.49. The number of benzene rings is 3. The van der Waals surface area contributed by atoms with E-state index in [2.05, 4.69) is 10.6 Å². The Labute approximate surface area is 195 Å². The predicted molar refractivity (Wildman–Crippen MR) is 123 cm³/mol. The van der Waals surface area contributed by atoms with Crippen molar-refractivity contribution < 1.29 is 28.2 Å². The third-order valence-electron chi connectivity index (χ3n) is 5.35. The standard InChI is InChI=1S/C26H23FN2O5/c1-16-6-7-18(14-21(16)27)25(31)28-10-11-29-26(32)20-5-3-2-4-19(20)24(30)17-8-9-22-23(15-17)34-13-12-33-22/h2-9,14-15H,10-13H2,1H3,(H,28,31)(H,29,32). The largest absolute Gasteiger partial charge is 0.486 e. The van der Waals surface area contributed by atoms with Gasteiger partial charge in [-0.15, -0.1) is 0 Å². The van der Waals surface area contributed by atoms with Crippen molar-refractivity contribution in [2.45, 2.75) is 6.92 Å². The normalized spacial score (nSPS) is 12.1. The van der Waals surface area contributed by atoms with Crippen molar-refractivity contribution in [1.29, 1.82) is 0 Å². The van der Waals surface area contributed by atoms with Gasteiger partial charge in [0, 0.05) is 29.8 Å². The molecule has 0 aromatic heterocycles. The molecule has 1 aliphatic heterocycles. The van der Waals surface area contributed by atoms with Crippen LogP contribution < -0.4 is 20.1 Å². The van der Waals surface area contributed by atoms with Crippen molar-refractivity contribution >= 4 is 17.6 Å². The Bertz CT molecular complexity index is 1260. The minimum Gasteiger partial charge on any atom is -0.486 e. The lowest BCUT2D eigenvalue weighted by molar-refractivity contribution is 0.0924. The molecule has 0 radical (unpaired) electrons. The van der Waals surface area contributed by atoms with E-state index < -0.39 is 17.6 Å². The van der Waals surface area contributed by atoms with E-state index in [4.69, 9.17) is 9.47 Å². The van der Waals surface area contributed by atoms with Crippen LogP contribution in [0.1, 0.15) is 42.2 Å². The lowest BCUT2D eigenvalue weighted by Crippen LogP contribution is -2.35. The zero-order valence-corrected chi connectivity index (χ0v) is 18.5. The molecule has 1 aliphatic rings. The van der Waals surface area contributed by atoms with Crippen molar-refractivity contribution in [2.75, 3.05) is 26.3 Å². The lowest BCUT2D eigenvalue weighted by atomic mass is 9.97. The Morgan fingerprint density at radius 3 is 2.18 bits per heavy atom. The maximum atomic E-state index is 13.7. The quantitative estimate of drug-likeness (QED) is 0.415. The first kappa shape index (κ1) is 23.0. The molecule has 8 heteroatoms. The predicted octanol–water partition coefficient (Wildman–Crippen LogP) is 3.30. The highest BCUT2D eigenvalue weighted by Crippen LogP contribution is 2.31. The summed E-state index contributed by atoms with van der Waals surface area (Å²) in [4.78, 5) is 38.1. The zero-order valence-electron chi connectivity index (χ0n) is 18.5. The van der Waals surface area contributed by atoms with Crippen molar-refractivity contribution in [1.82, 2.24) is 10.6 Å². The summed E-state index contributed by atoms with van der Waals surface area (Å²) in [5, 5.41) is 5.33. The number of hydrogen-bond acceptors (Lipinski definition) is 5. The van der Waals surface area contributed by atoms with Crippen LogP contribution in [-0.4, -0.2) is 43.9 Å². The second kappa shape index (κ2) is 10.2. The number of ketones is 1. The van der Waals surface area contributed by atoms with Crippen LogP contribution in [0.5, 0.6) is 11.5 Å². The molecule has 0 atom stereocenters. The van der Waals surface area contributed by atoms with Crippen LogP contribution in [0.4, 0.5) is 4.39 Å². The molecule has 2 amide bonds. The number of rotatable bonds is 7. The highest BCUT2D eigenvalue weighted by molar-refractivity contribution is 6.15. The third kappa shape index (κ3) is 5.06. The maximum Gasteiger partial charge on any atom is 0.252 e. The molecule has 34 heavy (non-hydrogen) atoms. The van der Waals surface area contributed by atoms with Crippen LogP contribution in [0.3, 0.4) is 0 Å². The second-order valence-corrected chi connectivity index (χ2v) is 7.71. The number of nitrogens with one attached hydrogen (secondary N) is 2. The fourth-order valence-electron chi connectivity index (χ4n) is 3.50. The van der Waals surface area contributed by atoms with Gasteiger partial charge in [-0.05, 0) is 48.9 Å². The fraction of sp³-hybridized carbons (Fsp3) is 0.192. The molecule has 7 nitrogen and oxygen atoms in total. The smallest absolute Gasteiger partial charge is 0.252 e. The molecule has 0 fully saturated rings. The second-order valence-electron chi connectivity index (χ2n) is 7.71. The average Bonchev–Trinajstić information content (AvgIpc) is 2.87. The minimum atomic E-state index is -0.458. The van der Waals surface area contributed by atoms with E-state index in [1.165, 1.54) is 18.2 Å². The van der Waals surface area contributed by atoms with Gasteiger partial charge < -0.3 is 20.1 Å². The van der Waals surface area contributed by atoms with E-state index in [1.54, 1.807) is 49.4 Å². The van der Waals surface area contributed by atoms with Gasteiger partial charge in [-0.2, -0.15) is 0 Å². The number of carbonyl (C=O) groups is 3. The highest BCUT2D eigenvalue weighted by atomic mass is 19.1. The third-order valence-corrected chi connectivity index (χ3v) is 5.35. The molecule has 0 saturated heterocycles. The first-order valence-corrected chi connectivity index (χ1v) is 10.8. The van der Waals surface area contributed by atoms with Gasteiger partial charge in [-0.1, -0.05) is 24.3 Å². The van der Waals surface area contributed by atoms with Crippen LogP contribution >= 0.6 is 0 Å². The molecule has 4 rings (SSSR count). The first-order valence-electron chi connectivity index (χ1n) is 10.8. The SMILES string of the molecule is Cc1ccc(C(=O)NCCNC(=O)c2ccccc2C(=O)c2ccc3c(c2)OCCO3)cc1F. The maximum absolute atomic E-state index is 13.7. The van der Waals surface area contributed by atoms with Gasteiger partial charge in [0.15, 0.2) is 17.3 Å². The number of halogens is 1. The van der Waals surface area contributed by atoms with Gasteiger partial charge in [0.1, 0.15) is 19.0 Å². The molecule has 0 bridgehead atoms. The first-order chi connectivity index (χ1) is 16.4. The van der Waals surface area contributed by atoms with E-state index in [-0.39, 0.29) is 35.6 Å². The van der Waals surface area contributed by atoms with E-state index in [1.807, 2.05) is 0 Å². The molecule has 0 unspecified atom stereocenters. The summed E-state index contributed by atoms with van der Waals surface area (Å²) in [5.74, 6) is -0.607. The van der Waals surface area contributed by atoms with Gasteiger partial charge in [0.05, 0.1) is 5.56 Å². The number of amides is 2. The zero-order chi connectivity index (χ0) is 24.1. The van der Waals surface area contributed by atoms with Crippen LogP contribution in [0.25, 0.3) is 0 Å². The van der Waals surface area contributed by atoms with Gasteiger partial charge in [0.2, 0.25) is 0 Å². The summed E-state index contributed by atoms with van der Waals surface area (Å²) in [7, 11) is 0. The Balaban J connectivity index is 1.38. The van der Waals surface area contributed by atoms with Crippen molar-refractivity contribution in [3.05, 3.63) is 94.3 Å². The molecule has 3 aromatic carbocycles. The Morgan fingerprint density at radius 2 is 1.44 bits per heavy atom. The fourth-order valence-corrected chi connectivity index (χ4v) is 3.50. The van der Waals surface area contributed by atoms with E-state index in [9.17, 15) is 18.8 Å². The van der Waals surface area contributed by atoms with Crippen molar-refractivity contribution in [3.63, 3.8) is 0 Å². The highest BCUT2D eigenvalue weighted by Gasteiger charge is 2.20. The minimum absolute atomic E-state index is 0.130. The van der Waals surface area contributed by atoms with E-state index in [0.717, 1.165) is 0 Å². The van der Waals surface area contributed by atoms with Crippen LogP contribution in [0, 0.1) is 12.7 Å². The molecule has 0 aliphatic carbocycles. The topological polar surface area (TPSA) is 93.7 Å². The van der Waals surface area contributed by atoms with Gasteiger partial charge in [-0.3, -0.25) is 14.4 Å². The number of aryl methyl sites for hydroxylation is 1. The molecular formula is C26H23FN2O5. The molecule has 0 saturated carbocycles. The molecule has 3 aromatic rings. The Kier molecular flexibility index (Phi) is 6.87. The Hall–Kier alpha value is -4.20. The summed E-state index contributed by atoms with van der Waals surface area (Å²) >= 11 is 0. The summed E-state index contributed by atoms with van der Waals surface area (Å²) in [6.07, 6.45) is 0. The molecule has 0 spiro atoms. The number of ether oxygens (including phenoxy) is 2. The summed E-state index contributed by atoms with van der Waals surface area (Å²) < 4.78 is 24.7. The van der Waals surface area contributed by atoms with Crippen molar-refractivity contribution in [3.8, 4) is 11.5 Å². The van der Waals surface area contributed by atoms with Gasteiger partial charge in [0.25, 0.3) is 11.8 Å². The summed E-state index contributed by atoms with van der Waals surface area (Å²) in [6, 6.07) is 15.6. The van der Waals surface area contributed by atoms with Crippen LogP contribution in [0.15, 0.2) is 60.7 Å². The monoisotopic (exact) mass is 462 g/mol. The van der Waals surface area contributed by atoms with Crippen LogP contribution in [-0.2, 0) is 0 Å².